The number of amides is 1. The SMILES string of the molecule is CNC1(c2ccc(Cl)cc2F)C(CC(C)(C)C)NC(C(=O)Nc2cccnc2C)C1c1cccc(Cl)c1F. The lowest BCUT2D eigenvalue weighted by molar-refractivity contribution is -0.118. The molecule has 38 heavy (non-hydrogen) atoms. The van der Waals surface area contributed by atoms with Crippen LogP contribution in [0, 0.1) is 24.0 Å². The van der Waals surface area contributed by atoms with Crippen molar-refractivity contribution in [2.45, 2.75) is 57.7 Å². The summed E-state index contributed by atoms with van der Waals surface area (Å²) < 4.78 is 31.5. The van der Waals surface area contributed by atoms with Crippen molar-refractivity contribution in [3.05, 3.63) is 93.2 Å². The maximum atomic E-state index is 15.8. The second-order valence-corrected chi connectivity index (χ2v) is 11.8. The van der Waals surface area contributed by atoms with E-state index in [1.54, 1.807) is 56.6 Å². The van der Waals surface area contributed by atoms with Crippen LogP contribution in [0.25, 0.3) is 0 Å². The Morgan fingerprint density at radius 2 is 1.87 bits per heavy atom. The maximum Gasteiger partial charge on any atom is 0.242 e. The zero-order chi connectivity index (χ0) is 27.8. The minimum atomic E-state index is -1.24. The summed E-state index contributed by atoms with van der Waals surface area (Å²) in [6.45, 7) is 7.98. The number of nitrogens with zero attached hydrogens (tertiary/aromatic N) is 1. The van der Waals surface area contributed by atoms with Gasteiger partial charge in [-0.05, 0) is 61.7 Å². The Morgan fingerprint density at radius 3 is 2.50 bits per heavy atom. The summed E-state index contributed by atoms with van der Waals surface area (Å²) in [4.78, 5) is 18.2. The molecular weight excluding hydrogens is 529 g/mol. The summed E-state index contributed by atoms with van der Waals surface area (Å²) >= 11 is 12.3. The Labute approximate surface area is 232 Å². The topological polar surface area (TPSA) is 66.0 Å². The van der Waals surface area contributed by atoms with E-state index in [2.05, 4.69) is 41.7 Å². The number of anilines is 1. The van der Waals surface area contributed by atoms with Crippen LogP contribution in [-0.4, -0.2) is 30.0 Å². The molecule has 0 saturated carbocycles. The predicted molar refractivity (Wildman–Crippen MR) is 149 cm³/mol. The number of likely N-dealkylation sites (N-methyl/N-ethyl adjacent to an activating group) is 1. The Bertz CT molecular complexity index is 1350. The van der Waals surface area contributed by atoms with Gasteiger partial charge >= 0.3 is 0 Å². The van der Waals surface area contributed by atoms with E-state index in [1.807, 2.05) is 0 Å². The largest absolute Gasteiger partial charge is 0.323 e. The van der Waals surface area contributed by atoms with Crippen LogP contribution in [0.1, 0.15) is 49.9 Å². The number of hydrogen-bond acceptors (Lipinski definition) is 4. The standard InChI is InChI=1S/C29H32Cl2F2N4O/c1-16-22(10-7-13-35-16)36-27(38)26-24(18-8-6-9-20(31)25(18)33)29(34-5,23(37-26)15-28(2,3)4)19-12-11-17(30)14-21(19)32/h6-14,23-24,26,34,37H,15H2,1-5H3,(H,36,38). The number of nitrogens with one attached hydrogen (secondary N) is 3. The molecule has 4 atom stereocenters. The van der Waals surface area contributed by atoms with Gasteiger partial charge < -0.3 is 16.0 Å². The highest BCUT2D eigenvalue weighted by Crippen LogP contribution is 2.51. The normalized spacial score (nSPS) is 23.4. The first-order valence-corrected chi connectivity index (χ1v) is 13.2. The number of carbonyl (C=O) groups excluding carboxylic acids is 1. The van der Waals surface area contributed by atoms with Gasteiger partial charge in [-0.3, -0.25) is 9.78 Å². The summed E-state index contributed by atoms with van der Waals surface area (Å²) in [7, 11) is 1.70. The Hall–Kier alpha value is -2.58. The number of rotatable bonds is 6. The van der Waals surface area contributed by atoms with E-state index < -0.39 is 41.1 Å². The van der Waals surface area contributed by atoms with Crippen molar-refractivity contribution < 1.29 is 13.6 Å². The van der Waals surface area contributed by atoms with Crippen molar-refractivity contribution in [3.8, 4) is 0 Å². The molecule has 4 rings (SSSR count). The molecule has 0 aliphatic carbocycles. The van der Waals surface area contributed by atoms with Crippen LogP contribution in [0.3, 0.4) is 0 Å². The quantitative estimate of drug-likeness (QED) is 0.318. The molecule has 2 heterocycles. The second-order valence-electron chi connectivity index (χ2n) is 11.0. The molecule has 3 N–H and O–H groups in total. The molecule has 3 aromatic rings. The van der Waals surface area contributed by atoms with Crippen LogP contribution in [0.15, 0.2) is 54.7 Å². The van der Waals surface area contributed by atoms with Gasteiger partial charge in [-0.2, -0.15) is 0 Å². The summed E-state index contributed by atoms with van der Waals surface area (Å²) in [5.74, 6) is -2.48. The fraction of sp³-hybridized carbons (Fsp3) is 0.379. The molecule has 1 amide bonds. The fourth-order valence-electron chi connectivity index (χ4n) is 5.64. The number of aryl methyl sites for hydroxylation is 1. The van der Waals surface area contributed by atoms with Crippen LogP contribution in [0.5, 0.6) is 0 Å². The van der Waals surface area contributed by atoms with Crippen LogP contribution in [0.2, 0.25) is 10.0 Å². The summed E-state index contributed by atoms with van der Waals surface area (Å²) in [5.41, 5.74) is 0.206. The van der Waals surface area contributed by atoms with E-state index >= 15 is 8.78 Å². The molecule has 1 aliphatic heterocycles. The number of aromatic nitrogens is 1. The maximum absolute atomic E-state index is 15.8. The third kappa shape index (κ3) is 5.30. The van der Waals surface area contributed by atoms with Gasteiger partial charge in [-0.1, -0.05) is 62.2 Å². The van der Waals surface area contributed by atoms with Crippen molar-refractivity contribution in [2.24, 2.45) is 5.41 Å². The van der Waals surface area contributed by atoms with Crippen LogP contribution in [-0.2, 0) is 10.3 Å². The third-order valence-electron chi connectivity index (χ3n) is 7.23. The van der Waals surface area contributed by atoms with Crippen molar-refractivity contribution >= 4 is 34.8 Å². The number of carbonyl (C=O) groups is 1. The van der Waals surface area contributed by atoms with Gasteiger partial charge in [0.25, 0.3) is 0 Å². The number of benzene rings is 2. The zero-order valence-corrected chi connectivity index (χ0v) is 23.5. The fourth-order valence-corrected chi connectivity index (χ4v) is 5.98. The zero-order valence-electron chi connectivity index (χ0n) is 22.0. The van der Waals surface area contributed by atoms with E-state index in [1.165, 1.54) is 12.1 Å². The van der Waals surface area contributed by atoms with Gasteiger partial charge in [0.15, 0.2) is 0 Å². The number of halogens is 4. The lowest BCUT2D eigenvalue weighted by Gasteiger charge is -2.43. The Kier molecular flexibility index (Phi) is 8.15. The molecule has 1 aromatic heterocycles. The molecular formula is C29H32Cl2F2N4O. The molecule has 5 nitrogen and oxygen atoms in total. The second kappa shape index (κ2) is 10.9. The molecule has 1 aliphatic rings. The van der Waals surface area contributed by atoms with Crippen molar-refractivity contribution in [1.29, 1.82) is 0 Å². The smallest absolute Gasteiger partial charge is 0.242 e. The average Bonchev–Trinajstić information content (AvgIpc) is 3.15. The van der Waals surface area contributed by atoms with Gasteiger partial charge in [0, 0.05) is 28.7 Å². The highest BCUT2D eigenvalue weighted by Gasteiger charge is 2.59. The van der Waals surface area contributed by atoms with Crippen LogP contribution >= 0.6 is 23.2 Å². The van der Waals surface area contributed by atoms with E-state index in [-0.39, 0.29) is 26.6 Å². The lowest BCUT2D eigenvalue weighted by Crippen LogP contribution is -2.54. The first kappa shape index (κ1) is 28.4. The van der Waals surface area contributed by atoms with Gasteiger partial charge in [-0.25, -0.2) is 8.78 Å². The predicted octanol–water partition coefficient (Wildman–Crippen LogP) is 6.59. The van der Waals surface area contributed by atoms with Gasteiger partial charge in [0.2, 0.25) is 5.91 Å². The molecule has 0 radical (unpaired) electrons. The number of hydrogen-bond donors (Lipinski definition) is 3. The number of pyridine rings is 1. The van der Waals surface area contributed by atoms with E-state index in [9.17, 15) is 4.79 Å². The van der Waals surface area contributed by atoms with E-state index in [4.69, 9.17) is 23.2 Å². The molecule has 2 aromatic carbocycles. The first-order valence-electron chi connectivity index (χ1n) is 12.5. The van der Waals surface area contributed by atoms with Crippen LogP contribution < -0.4 is 16.0 Å². The van der Waals surface area contributed by atoms with Gasteiger partial charge in [0.1, 0.15) is 11.6 Å². The Balaban J connectivity index is 1.97. The molecule has 0 bridgehead atoms. The first-order chi connectivity index (χ1) is 17.9. The Morgan fingerprint density at radius 1 is 1.13 bits per heavy atom. The van der Waals surface area contributed by atoms with Crippen molar-refractivity contribution in [2.75, 3.05) is 12.4 Å². The highest BCUT2D eigenvalue weighted by atomic mass is 35.5. The van der Waals surface area contributed by atoms with Crippen LogP contribution in [0.4, 0.5) is 14.5 Å². The van der Waals surface area contributed by atoms with Crippen molar-refractivity contribution in [1.82, 2.24) is 15.6 Å². The van der Waals surface area contributed by atoms with Gasteiger partial charge in [0.05, 0.1) is 28.0 Å². The van der Waals surface area contributed by atoms with Crippen molar-refractivity contribution in [3.63, 3.8) is 0 Å². The highest BCUT2D eigenvalue weighted by molar-refractivity contribution is 6.31. The lowest BCUT2D eigenvalue weighted by atomic mass is 9.67. The van der Waals surface area contributed by atoms with Gasteiger partial charge in [-0.15, -0.1) is 0 Å². The third-order valence-corrected chi connectivity index (χ3v) is 7.75. The molecule has 202 valence electrons. The molecule has 1 fully saturated rings. The molecule has 0 spiro atoms. The minimum Gasteiger partial charge on any atom is -0.323 e. The molecule has 4 unspecified atom stereocenters. The summed E-state index contributed by atoms with van der Waals surface area (Å²) in [5, 5.41) is 9.90. The van der Waals surface area contributed by atoms with E-state index in [0.29, 0.717) is 17.8 Å². The monoisotopic (exact) mass is 560 g/mol. The molecule has 9 heteroatoms. The molecule has 1 saturated heterocycles. The summed E-state index contributed by atoms with van der Waals surface area (Å²) in [6, 6.07) is 11.2. The summed E-state index contributed by atoms with van der Waals surface area (Å²) in [6.07, 6.45) is 2.18. The average molecular weight is 562 g/mol. The van der Waals surface area contributed by atoms with E-state index in [0.717, 1.165) is 0 Å². The minimum absolute atomic E-state index is 0.0781.